The molecule has 0 fully saturated rings. The summed E-state index contributed by atoms with van der Waals surface area (Å²) in [5, 5.41) is 9.41. The van der Waals surface area contributed by atoms with E-state index >= 15 is 0 Å². The molecule has 1 aliphatic rings. The van der Waals surface area contributed by atoms with Gasteiger partial charge in [-0.2, -0.15) is 0 Å². The van der Waals surface area contributed by atoms with Crippen LogP contribution < -0.4 is 4.74 Å². The number of ether oxygens (including phenoxy) is 1. The average Bonchev–Trinajstić information content (AvgIpc) is 2.70. The van der Waals surface area contributed by atoms with Gasteiger partial charge in [0.2, 0.25) is 5.78 Å². The number of halogens is 2. The van der Waals surface area contributed by atoms with Crippen LogP contribution in [0.3, 0.4) is 0 Å². The molecule has 20 heavy (non-hydrogen) atoms. The number of hydrogen-bond donors (Lipinski definition) is 1. The SMILES string of the molecule is O=C1/C(=C/c2c(Br)cncc2Br)Oc2cc(O)ccc21. The van der Waals surface area contributed by atoms with Crippen LogP contribution >= 0.6 is 31.9 Å². The van der Waals surface area contributed by atoms with Gasteiger partial charge in [0.05, 0.1) is 5.56 Å². The summed E-state index contributed by atoms with van der Waals surface area (Å²) in [6, 6.07) is 4.43. The summed E-state index contributed by atoms with van der Waals surface area (Å²) < 4.78 is 6.99. The highest BCUT2D eigenvalue weighted by atomic mass is 79.9. The zero-order valence-electron chi connectivity index (χ0n) is 9.93. The average molecular weight is 397 g/mol. The van der Waals surface area contributed by atoms with Crippen LogP contribution in [0.5, 0.6) is 11.5 Å². The molecule has 1 N–H and O–H groups in total. The molecule has 2 aromatic rings. The molecule has 0 unspecified atom stereocenters. The van der Waals surface area contributed by atoms with E-state index in [2.05, 4.69) is 36.8 Å². The van der Waals surface area contributed by atoms with Crippen molar-refractivity contribution < 1.29 is 14.6 Å². The van der Waals surface area contributed by atoms with Gasteiger partial charge in [-0.25, -0.2) is 0 Å². The van der Waals surface area contributed by atoms with Gasteiger partial charge in [-0.3, -0.25) is 9.78 Å². The Bertz CT molecular complexity index is 736. The molecule has 0 bridgehead atoms. The Morgan fingerprint density at radius 3 is 2.60 bits per heavy atom. The molecule has 1 aromatic heterocycles. The number of carbonyl (C=O) groups excluding carboxylic acids is 1. The first-order valence-electron chi connectivity index (χ1n) is 5.62. The number of ketones is 1. The van der Waals surface area contributed by atoms with Gasteiger partial charge in [-0.1, -0.05) is 0 Å². The van der Waals surface area contributed by atoms with Crippen LogP contribution in [0.2, 0.25) is 0 Å². The fourth-order valence-corrected chi connectivity index (χ4v) is 3.02. The summed E-state index contributed by atoms with van der Waals surface area (Å²) in [6.45, 7) is 0. The van der Waals surface area contributed by atoms with Crippen LogP contribution in [-0.2, 0) is 0 Å². The maximum Gasteiger partial charge on any atom is 0.231 e. The molecule has 0 spiro atoms. The highest BCUT2D eigenvalue weighted by Crippen LogP contribution is 2.36. The number of pyridine rings is 1. The molecule has 100 valence electrons. The summed E-state index contributed by atoms with van der Waals surface area (Å²) in [5.41, 5.74) is 1.20. The van der Waals surface area contributed by atoms with Gasteiger partial charge in [0, 0.05) is 33.0 Å². The number of allylic oxidation sites excluding steroid dienone is 1. The van der Waals surface area contributed by atoms with E-state index in [0.29, 0.717) is 11.3 Å². The smallest absolute Gasteiger partial charge is 0.231 e. The van der Waals surface area contributed by atoms with Gasteiger partial charge in [-0.05, 0) is 50.1 Å². The lowest BCUT2D eigenvalue weighted by molar-refractivity contribution is 0.101. The second-order valence-corrected chi connectivity index (χ2v) is 5.85. The van der Waals surface area contributed by atoms with Crippen molar-refractivity contribution in [3.05, 3.63) is 56.4 Å². The van der Waals surface area contributed by atoms with Crippen LogP contribution in [0.1, 0.15) is 15.9 Å². The van der Waals surface area contributed by atoms with Gasteiger partial charge in [-0.15, -0.1) is 0 Å². The zero-order chi connectivity index (χ0) is 14.3. The minimum Gasteiger partial charge on any atom is -0.508 e. The van der Waals surface area contributed by atoms with Crippen molar-refractivity contribution in [1.29, 1.82) is 0 Å². The van der Waals surface area contributed by atoms with Crippen LogP contribution in [0.25, 0.3) is 6.08 Å². The Hall–Kier alpha value is -1.66. The molecule has 6 heteroatoms. The van der Waals surface area contributed by atoms with Crippen molar-refractivity contribution in [3.8, 4) is 11.5 Å². The maximum absolute atomic E-state index is 12.2. The van der Waals surface area contributed by atoms with Crippen molar-refractivity contribution in [2.24, 2.45) is 0 Å². The Balaban J connectivity index is 2.06. The Labute approximate surface area is 131 Å². The van der Waals surface area contributed by atoms with E-state index in [1.807, 2.05) is 0 Å². The number of phenols is 1. The number of carbonyl (C=O) groups is 1. The lowest BCUT2D eigenvalue weighted by atomic mass is 10.1. The number of aromatic hydroxyl groups is 1. The maximum atomic E-state index is 12.2. The fraction of sp³-hybridized carbons (Fsp3) is 0. The Kier molecular flexibility index (Phi) is 3.35. The minimum atomic E-state index is -0.212. The van der Waals surface area contributed by atoms with Crippen LogP contribution in [0.4, 0.5) is 0 Å². The second-order valence-electron chi connectivity index (χ2n) is 4.14. The first kappa shape index (κ1) is 13.3. The molecular weight excluding hydrogens is 390 g/mol. The lowest BCUT2D eigenvalue weighted by Crippen LogP contribution is -1.98. The summed E-state index contributed by atoms with van der Waals surface area (Å²) in [4.78, 5) is 16.2. The van der Waals surface area contributed by atoms with Gasteiger partial charge < -0.3 is 9.84 Å². The molecular formula is C14H7Br2NO3. The number of rotatable bonds is 1. The standard InChI is InChI=1S/C14H7Br2NO3/c15-10-5-17-6-11(16)9(10)4-13-14(19)8-2-1-7(18)3-12(8)20-13/h1-6,18H/b13-4-. The van der Waals surface area contributed by atoms with Crippen molar-refractivity contribution in [1.82, 2.24) is 4.98 Å². The number of aromatic nitrogens is 1. The van der Waals surface area contributed by atoms with Crippen molar-refractivity contribution in [2.75, 3.05) is 0 Å². The molecule has 0 atom stereocenters. The molecule has 2 heterocycles. The number of benzene rings is 1. The quantitative estimate of drug-likeness (QED) is 0.742. The number of hydrogen-bond acceptors (Lipinski definition) is 4. The second kappa shape index (κ2) is 5.03. The van der Waals surface area contributed by atoms with E-state index in [0.717, 1.165) is 14.5 Å². The van der Waals surface area contributed by atoms with E-state index in [4.69, 9.17) is 4.74 Å². The molecule has 4 nitrogen and oxygen atoms in total. The predicted octanol–water partition coefficient (Wildman–Crippen LogP) is 3.93. The van der Waals surface area contributed by atoms with E-state index in [9.17, 15) is 9.90 Å². The van der Waals surface area contributed by atoms with Gasteiger partial charge >= 0.3 is 0 Å². The van der Waals surface area contributed by atoms with Crippen LogP contribution in [-0.4, -0.2) is 15.9 Å². The molecule has 0 amide bonds. The molecule has 0 radical (unpaired) electrons. The van der Waals surface area contributed by atoms with Crippen molar-refractivity contribution in [2.45, 2.75) is 0 Å². The molecule has 3 rings (SSSR count). The first-order chi connectivity index (χ1) is 9.56. The highest BCUT2D eigenvalue weighted by molar-refractivity contribution is 9.11. The Morgan fingerprint density at radius 1 is 1.20 bits per heavy atom. The van der Waals surface area contributed by atoms with Gasteiger partial charge in [0.1, 0.15) is 11.5 Å². The third kappa shape index (κ3) is 2.25. The summed E-state index contributed by atoms with van der Waals surface area (Å²) in [5.74, 6) is 0.417. The lowest BCUT2D eigenvalue weighted by Gasteiger charge is -2.03. The molecule has 1 aromatic carbocycles. The number of phenolic OH excluding ortho intramolecular Hbond substituents is 1. The predicted molar refractivity (Wildman–Crippen MR) is 80.7 cm³/mol. The van der Waals surface area contributed by atoms with E-state index < -0.39 is 0 Å². The zero-order valence-corrected chi connectivity index (χ0v) is 13.1. The summed E-state index contributed by atoms with van der Waals surface area (Å²) in [6.07, 6.45) is 4.90. The summed E-state index contributed by atoms with van der Waals surface area (Å²) >= 11 is 6.75. The molecule has 0 aliphatic carbocycles. The number of nitrogens with zero attached hydrogens (tertiary/aromatic N) is 1. The fourth-order valence-electron chi connectivity index (χ4n) is 1.87. The van der Waals surface area contributed by atoms with Crippen LogP contribution in [0, 0.1) is 0 Å². The highest BCUT2D eigenvalue weighted by Gasteiger charge is 2.27. The first-order valence-corrected chi connectivity index (χ1v) is 7.21. The number of Topliss-reactive ketones (excluding diaryl/α,β-unsaturated/α-hetero) is 1. The summed E-state index contributed by atoms with van der Waals surface area (Å²) in [7, 11) is 0. The third-order valence-corrected chi connectivity index (χ3v) is 4.08. The monoisotopic (exact) mass is 395 g/mol. The van der Waals surface area contributed by atoms with E-state index in [1.165, 1.54) is 12.1 Å². The van der Waals surface area contributed by atoms with Gasteiger partial charge in [0.15, 0.2) is 5.76 Å². The van der Waals surface area contributed by atoms with E-state index in [-0.39, 0.29) is 17.3 Å². The normalized spacial score (nSPS) is 15.3. The number of fused-ring (bicyclic) bond motifs is 1. The van der Waals surface area contributed by atoms with Crippen molar-refractivity contribution >= 4 is 43.7 Å². The molecule has 0 saturated carbocycles. The van der Waals surface area contributed by atoms with E-state index in [1.54, 1.807) is 24.5 Å². The third-order valence-electron chi connectivity index (χ3n) is 2.82. The topological polar surface area (TPSA) is 59.4 Å². The Morgan fingerprint density at radius 2 is 1.90 bits per heavy atom. The largest absolute Gasteiger partial charge is 0.508 e. The minimum absolute atomic E-state index is 0.0593. The molecule has 0 saturated heterocycles. The van der Waals surface area contributed by atoms with Gasteiger partial charge in [0.25, 0.3) is 0 Å². The van der Waals surface area contributed by atoms with Crippen LogP contribution in [0.15, 0.2) is 45.3 Å². The van der Waals surface area contributed by atoms with Crippen molar-refractivity contribution in [3.63, 3.8) is 0 Å². The molecule has 1 aliphatic heterocycles.